The molecule has 1 aliphatic rings. The average molecular weight is 485 g/mol. The SMILES string of the molecule is CCC(O)c1ccccc1C1CCN(CCCNCC(=O)C(c2ccccc2)c2ccccc2)CC1. The first-order chi connectivity index (χ1) is 17.7. The fraction of sp³-hybridized carbons (Fsp3) is 0.406. The molecule has 1 fully saturated rings. The molecule has 1 aliphatic heterocycles. The second-order valence-corrected chi connectivity index (χ2v) is 9.92. The van der Waals surface area contributed by atoms with Crippen molar-refractivity contribution in [2.45, 2.75) is 50.5 Å². The van der Waals surface area contributed by atoms with Gasteiger partial charge in [0.25, 0.3) is 0 Å². The lowest BCUT2D eigenvalue weighted by Gasteiger charge is -2.33. The highest BCUT2D eigenvalue weighted by Crippen LogP contribution is 2.33. The number of aliphatic hydroxyl groups excluding tert-OH is 1. The van der Waals surface area contributed by atoms with E-state index >= 15 is 0 Å². The Morgan fingerprint density at radius 3 is 2.11 bits per heavy atom. The van der Waals surface area contributed by atoms with Crippen LogP contribution in [0.4, 0.5) is 0 Å². The number of benzene rings is 3. The number of likely N-dealkylation sites (tertiary alicyclic amines) is 1. The van der Waals surface area contributed by atoms with Crippen molar-refractivity contribution in [2.24, 2.45) is 0 Å². The van der Waals surface area contributed by atoms with E-state index in [1.54, 1.807) is 0 Å². The number of rotatable bonds is 12. The maximum absolute atomic E-state index is 13.2. The monoisotopic (exact) mass is 484 g/mol. The first-order valence-corrected chi connectivity index (χ1v) is 13.5. The van der Waals surface area contributed by atoms with Crippen molar-refractivity contribution in [1.29, 1.82) is 0 Å². The van der Waals surface area contributed by atoms with Crippen molar-refractivity contribution in [3.8, 4) is 0 Å². The summed E-state index contributed by atoms with van der Waals surface area (Å²) < 4.78 is 0. The molecule has 0 aliphatic carbocycles. The highest BCUT2D eigenvalue weighted by atomic mass is 16.3. The normalized spacial score (nSPS) is 15.8. The second-order valence-electron chi connectivity index (χ2n) is 9.92. The van der Waals surface area contributed by atoms with Crippen molar-refractivity contribution >= 4 is 5.78 Å². The standard InChI is InChI=1S/C32H40N2O2/c1-2-30(35)29-17-10-9-16-28(29)25-18-22-34(23-19-25)21-11-20-33-24-31(36)32(26-12-5-3-6-13-26)27-14-7-4-8-15-27/h3-10,12-17,25,30,32-33,35H,2,11,18-24H2,1H3. The van der Waals surface area contributed by atoms with Crippen LogP contribution < -0.4 is 5.32 Å². The molecule has 0 aromatic heterocycles. The summed E-state index contributed by atoms with van der Waals surface area (Å²) in [6.45, 7) is 6.48. The quantitative estimate of drug-likeness (QED) is 0.324. The van der Waals surface area contributed by atoms with Gasteiger partial charge < -0.3 is 15.3 Å². The van der Waals surface area contributed by atoms with Crippen molar-refractivity contribution in [2.75, 3.05) is 32.7 Å². The number of hydrogen-bond donors (Lipinski definition) is 2. The lowest BCUT2D eigenvalue weighted by molar-refractivity contribution is -0.118. The molecule has 4 nitrogen and oxygen atoms in total. The van der Waals surface area contributed by atoms with Gasteiger partial charge in [0.05, 0.1) is 18.6 Å². The summed E-state index contributed by atoms with van der Waals surface area (Å²) in [5, 5.41) is 13.8. The van der Waals surface area contributed by atoms with E-state index in [0.717, 1.165) is 68.6 Å². The molecular formula is C32H40N2O2. The molecular weight excluding hydrogens is 444 g/mol. The fourth-order valence-electron chi connectivity index (χ4n) is 5.47. The summed E-state index contributed by atoms with van der Waals surface area (Å²) in [6, 6.07) is 28.6. The molecule has 0 radical (unpaired) electrons. The topological polar surface area (TPSA) is 52.6 Å². The third-order valence-electron chi connectivity index (χ3n) is 7.48. The van der Waals surface area contributed by atoms with Gasteiger partial charge in [0.1, 0.15) is 0 Å². The number of hydrogen-bond acceptors (Lipinski definition) is 4. The number of nitrogens with one attached hydrogen (secondary N) is 1. The van der Waals surface area contributed by atoms with E-state index in [2.05, 4.69) is 28.4 Å². The third-order valence-corrected chi connectivity index (χ3v) is 7.48. The minimum Gasteiger partial charge on any atom is -0.388 e. The van der Waals surface area contributed by atoms with Crippen LogP contribution >= 0.6 is 0 Å². The Morgan fingerprint density at radius 2 is 1.50 bits per heavy atom. The fourth-order valence-corrected chi connectivity index (χ4v) is 5.47. The van der Waals surface area contributed by atoms with Crippen LogP contribution in [0.3, 0.4) is 0 Å². The first-order valence-electron chi connectivity index (χ1n) is 13.5. The molecule has 190 valence electrons. The molecule has 0 spiro atoms. The summed E-state index contributed by atoms with van der Waals surface area (Å²) in [5.74, 6) is 0.511. The van der Waals surface area contributed by atoms with Crippen molar-refractivity contribution in [3.63, 3.8) is 0 Å². The van der Waals surface area contributed by atoms with Gasteiger partial charge in [-0.05, 0) is 80.0 Å². The summed E-state index contributed by atoms with van der Waals surface area (Å²) in [4.78, 5) is 15.7. The van der Waals surface area contributed by atoms with Gasteiger partial charge in [0.15, 0.2) is 5.78 Å². The number of piperidine rings is 1. The smallest absolute Gasteiger partial charge is 0.158 e. The predicted octanol–water partition coefficient (Wildman–Crippen LogP) is 5.69. The van der Waals surface area contributed by atoms with Crippen LogP contribution in [0.2, 0.25) is 0 Å². The zero-order valence-corrected chi connectivity index (χ0v) is 21.5. The van der Waals surface area contributed by atoms with Gasteiger partial charge in [-0.15, -0.1) is 0 Å². The Bertz CT molecular complexity index is 1020. The van der Waals surface area contributed by atoms with E-state index < -0.39 is 0 Å². The van der Waals surface area contributed by atoms with Gasteiger partial charge in [-0.1, -0.05) is 91.9 Å². The number of ketones is 1. The Labute approximate surface area is 216 Å². The summed E-state index contributed by atoms with van der Waals surface area (Å²) in [6.07, 6.45) is 3.69. The first kappa shape index (κ1) is 26.3. The van der Waals surface area contributed by atoms with E-state index in [1.807, 2.05) is 73.7 Å². The van der Waals surface area contributed by atoms with E-state index in [9.17, 15) is 9.90 Å². The molecule has 1 atom stereocenters. The second kappa shape index (κ2) is 13.5. The van der Waals surface area contributed by atoms with E-state index in [4.69, 9.17) is 0 Å². The Kier molecular flexibility index (Phi) is 9.85. The van der Waals surface area contributed by atoms with Gasteiger partial charge >= 0.3 is 0 Å². The van der Waals surface area contributed by atoms with Gasteiger partial charge in [-0.3, -0.25) is 4.79 Å². The lowest BCUT2D eigenvalue weighted by Crippen LogP contribution is -2.36. The third kappa shape index (κ3) is 6.91. The van der Waals surface area contributed by atoms with Gasteiger partial charge in [-0.2, -0.15) is 0 Å². The number of nitrogens with zero attached hydrogens (tertiary/aromatic N) is 1. The molecule has 1 saturated heterocycles. The van der Waals surface area contributed by atoms with E-state index in [0.29, 0.717) is 12.5 Å². The van der Waals surface area contributed by atoms with Crippen LogP contribution in [-0.4, -0.2) is 48.5 Å². The Morgan fingerprint density at radius 1 is 0.917 bits per heavy atom. The van der Waals surface area contributed by atoms with E-state index in [-0.39, 0.29) is 17.8 Å². The Hall–Kier alpha value is -2.79. The van der Waals surface area contributed by atoms with E-state index in [1.165, 1.54) is 5.56 Å². The largest absolute Gasteiger partial charge is 0.388 e. The molecule has 2 N–H and O–H groups in total. The Balaban J connectivity index is 1.21. The molecule has 0 saturated carbocycles. The van der Waals surface area contributed by atoms with Crippen molar-refractivity contribution < 1.29 is 9.90 Å². The number of Topliss-reactive ketones (excluding diaryl/α,β-unsaturated/α-hetero) is 1. The number of carbonyl (C=O) groups excluding carboxylic acids is 1. The summed E-state index contributed by atoms with van der Waals surface area (Å²) in [5.41, 5.74) is 4.53. The predicted molar refractivity (Wildman–Crippen MR) is 147 cm³/mol. The zero-order chi connectivity index (χ0) is 25.2. The van der Waals surface area contributed by atoms with Crippen LogP contribution in [0, 0.1) is 0 Å². The summed E-state index contributed by atoms with van der Waals surface area (Å²) in [7, 11) is 0. The van der Waals surface area contributed by atoms with Gasteiger partial charge in [-0.25, -0.2) is 0 Å². The maximum Gasteiger partial charge on any atom is 0.158 e. The molecule has 3 aromatic rings. The number of aliphatic hydroxyl groups is 1. The lowest BCUT2D eigenvalue weighted by atomic mass is 9.84. The molecule has 4 rings (SSSR count). The molecule has 0 bridgehead atoms. The molecule has 1 heterocycles. The number of carbonyl (C=O) groups is 1. The summed E-state index contributed by atoms with van der Waals surface area (Å²) >= 11 is 0. The zero-order valence-electron chi connectivity index (χ0n) is 21.5. The van der Waals surface area contributed by atoms with Crippen molar-refractivity contribution in [1.82, 2.24) is 10.2 Å². The highest BCUT2D eigenvalue weighted by Gasteiger charge is 2.24. The highest BCUT2D eigenvalue weighted by molar-refractivity contribution is 5.90. The van der Waals surface area contributed by atoms with Crippen LogP contribution in [0.25, 0.3) is 0 Å². The molecule has 0 amide bonds. The average Bonchev–Trinajstić information content (AvgIpc) is 2.94. The molecule has 36 heavy (non-hydrogen) atoms. The van der Waals surface area contributed by atoms with Crippen LogP contribution in [-0.2, 0) is 4.79 Å². The molecule has 3 aromatic carbocycles. The van der Waals surface area contributed by atoms with Crippen LogP contribution in [0.1, 0.15) is 72.8 Å². The molecule has 4 heteroatoms. The van der Waals surface area contributed by atoms with Gasteiger partial charge in [0.2, 0.25) is 0 Å². The van der Waals surface area contributed by atoms with Crippen LogP contribution in [0.15, 0.2) is 84.9 Å². The minimum absolute atomic E-state index is 0.209. The minimum atomic E-state index is -0.364. The van der Waals surface area contributed by atoms with Crippen LogP contribution in [0.5, 0.6) is 0 Å². The molecule has 1 unspecified atom stereocenters. The maximum atomic E-state index is 13.2. The van der Waals surface area contributed by atoms with Crippen molar-refractivity contribution in [3.05, 3.63) is 107 Å². The van der Waals surface area contributed by atoms with Gasteiger partial charge in [0, 0.05) is 0 Å².